The lowest BCUT2D eigenvalue weighted by atomic mass is 10.0. The zero-order chi connectivity index (χ0) is 23.7. The number of carbonyl (C=O) groups is 1. The topological polar surface area (TPSA) is 101 Å². The summed E-state index contributed by atoms with van der Waals surface area (Å²) in [6, 6.07) is 20.5. The zero-order valence-electron chi connectivity index (χ0n) is 18.6. The molecule has 8 heteroatoms. The molecule has 1 aliphatic rings. The van der Waals surface area contributed by atoms with E-state index < -0.39 is 10.0 Å². The van der Waals surface area contributed by atoms with Crippen molar-refractivity contribution in [2.75, 3.05) is 10.0 Å². The summed E-state index contributed by atoms with van der Waals surface area (Å²) in [5, 5.41) is 5.36. The molecule has 0 radical (unpaired) electrons. The first-order chi connectivity index (χ1) is 16.4. The second-order valence-corrected chi connectivity index (χ2v) is 10.1. The molecule has 0 saturated heterocycles. The number of rotatable bonds is 7. The zero-order valence-corrected chi connectivity index (χ0v) is 19.4. The van der Waals surface area contributed by atoms with E-state index in [1.54, 1.807) is 30.3 Å². The fourth-order valence-corrected chi connectivity index (χ4v) is 5.19. The predicted octanol–water partition coefficient (Wildman–Crippen LogP) is 4.74. The highest BCUT2D eigenvalue weighted by Crippen LogP contribution is 2.48. The molecule has 1 aliphatic carbocycles. The Morgan fingerprint density at radius 1 is 1.00 bits per heavy atom. The smallest absolute Gasteiger partial charge is 0.264 e. The Balaban J connectivity index is 1.25. The molecule has 0 spiro atoms. The summed E-state index contributed by atoms with van der Waals surface area (Å²) < 4.78 is 27.5. The van der Waals surface area contributed by atoms with E-state index in [4.69, 9.17) is 0 Å². The van der Waals surface area contributed by atoms with E-state index in [0.29, 0.717) is 0 Å². The van der Waals surface area contributed by atoms with Crippen LogP contribution in [-0.2, 0) is 21.2 Å². The van der Waals surface area contributed by atoms with Crippen molar-refractivity contribution in [1.82, 2.24) is 9.97 Å². The van der Waals surface area contributed by atoms with Crippen LogP contribution in [0.15, 0.2) is 84.0 Å². The number of sulfonamides is 1. The van der Waals surface area contributed by atoms with Crippen LogP contribution < -0.4 is 10.0 Å². The van der Waals surface area contributed by atoms with Gasteiger partial charge in [0.2, 0.25) is 11.9 Å². The Labute approximate surface area is 198 Å². The summed E-state index contributed by atoms with van der Waals surface area (Å²) in [6.45, 7) is 2.12. The van der Waals surface area contributed by atoms with Gasteiger partial charge in [0.05, 0.1) is 4.90 Å². The maximum Gasteiger partial charge on any atom is 0.264 e. The SMILES string of the molecule is CCc1cccc2ccc(NC(=O)[C@@H]3CC3c3ccc(S(=O)(=O)Nc4ncccn4)cc3)cc12. The van der Waals surface area contributed by atoms with Gasteiger partial charge in [-0.15, -0.1) is 0 Å². The lowest BCUT2D eigenvalue weighted by molar-refractivity contribution is -0.117. The van der Waals surface area contributed by atoms with E-state index >= 15 is 0 Å². The van der Waals surface area contributed by atoms with E-state index in [-0.39, 0.29) is 28.6 Å². The first-order valence-electron chi connectivity index (χ1n) is 11.2. The summed E-state index contributed by atoms with van der Waals surface area (Å²) in [5.41, 5.74) is 2.99. The minimum atomic E-state index is -3.78. The van der Waals surface area contributed by atoms with Crippen LogP contribution in [0, 0.1) is 5.92 Å². The average Bonchev–Trinajstić information content (AvgIpc) is 3.65. The molecule has 3 aromatic carbocycles. The fourth-order valence-electron chi connectivity index (χ4n) is 4.24. The van der Waals surface area contributed by atoms with Gasteiger partial charge < -0.3 is 5.32 Å². The van der Waals surface area contributed by atoms with Crippen LogP contribution in [0.2, 0.25) is 0 Å². The third-order valence-electron chi connectivity index (χ3n) is 6.16. The number of aromatic nitrogens is 2. The molecule has 1 heterocycles. The number of hydrogen-bond acceptors (Lipinski definition) is 5. The first-order valence-corrected chi connectivity index (χ1v) is 12.7. The monoisotopic (exact) mass is 472 g/mol. The fraction of sp³-hybridized carbons (Fsp3) is 0.192. The van der Waals surface area contributed by atoms with Gasteiger partial charge in [-0.05, 0) is 71.0 Å². The van der Waals surface area contributed by atoms with Crippen molar-refractivity contribution in [2.45, 2.75) is 30.6 Å². The number of nitrogens with zero attached hydrogens (tertiary/aromatic N) is 2. The molecular weight excluding hydrogens is 448 g/mol. The highest BCUT2D eigenvalue weighted by atomic mass is 32.2. The molecule has 5 rings (SSSR count). The molecule has 34 heavy (non-hydrogen) atoms. The molecule has 1 saturated carbocycles. The van der Waals surface area contributed by atoms with Gasteiger partial charge in [0.25, 0.3) is 10.0 Å². The van der Waals surface area contributed by atoms with Crippen molar-refractivity contribution in [3.05, 3.63) is 90.3 Å². The van der Waals surface area contributed by atoms with Crippen molar-refractivity contribution < 1.29 is 13.2 Å². The highest BCUT2D eigenvalue weighted by molar-refractivity contribution is 7.92. The number of fused-ring (bicyclic) bond motifs is 1. The summed E-state index contributed by atoms with van der Waals surface area (Å²) in [4.78, 5) is 20.7. The summed E-state index contributed by atoms with van der Waals surface area (Å²) in [5.74, 6) is -0.0487. The number of hydrogen-bond donors (Lipinski definition) is 2. The quantitative estimate of drug-likeness (QED) is 0.405. The third-order valence-corrected chi connectivity index (χ3v) is 7.50. The van der Waals surface area contributed by atoms with Crippen molar-refractivity contribution in [3.8, 4) is 0 Å². The summed E-state index contributed by atoms with van der Waals surface area (Å²) in [7, 11) is -3.78. The van der Waals surface area contributed by atoms with Crippen molar-refractivity contribution >= 4 is 38.3 Å². The van der Waals surface area contributed by atoms with Gasteiger partial charge in [-0.1, -0.05) is 43.3 Å². The minimum absolute atomic E-state index is 0.0158. The molecule has 1 aromatic heterocycles. The number of benzene rings is 3. The lowest BCUT2D eigenvalue weighted by Gasteiger charge is -2.09. The predicted molar refractivity (Wildman–Crippen MR) is 132 cm³/mol. The van der Waals surface area contributed by atoms with Crippen LogP contribution in [-0.4, -0.2) is 24.3 Å². The second-order valence-electron chi connectivity index (χ2n) is 8.39. The standard InChI is InChI=1S/C26H24N4O3S/c1-2-17-5-3-6-18-7-10-20(15-22(17)18)29-25(31)24-16-23(24)19-8-11-21(12-9-19)34(32,33)30-26-27-13-4-14-28-26/h3-15,23-24H,2,16H2,1H3,(H,29,31)(H,27,28,30)/t23?,24-/m1/s1. The van der Waals surface area contributed by atoms with Crippen LogP contribution >= 0.6 is 0 Å². The van der Waals surface area contributed by atoms with E-state index in [9.17, 15) is 13.2 Å². The molecule has 2 atom stereocenters. The molecule has 4 aromatic rings. The molecule has 1 unspecified atom stereocenters. The maximum absolute atomic E-state index is 12.8. The van der Waals surface area contributed by atoms with E-state index in [2.05, 4.69) is 45.1 Å². The summed E-state index contributed by atoms with van der Waals surface area (Å²) >= 11 is 0. The molecule has 0 aliphatic heterocycles. The van der Waals surface area contributed by atoms with Gasteiger partial charge in [-0.3, -0.25) is 4.79 Å². The minimum Gasteiger partial charge on any atom is -0.326 e. The van der Waals surface area contributed by atoms with Gasteiger partial charge in [0.1, 0.15) is 0 Å². The number of nitrogens with one attached hydrogen (secondary N) is 2. The average molecular weight is 473 g/mol. The van der Waals surface area contributed by atoms with E-state index in [0.717, 1.165) is 34.9 Å². The Hall–Kier alpha value is -3.78. The Morgan fingerprint density at radius 2 is 1.76 bits per heavy atom. The van der Waals surface area contributed by atoms with Gasteiger partial charge in [-0.25, -0.2) is 23.1 Å². The van der Waals surface area contributed by atoms with Gasteiger partial charge in [0.15, 0.2) is 0 Å². The Morgan fingerprint density at radius 3 is 2.50 bits per heavy atom. The van der Waals surface area contributed by atoms with Crippen LogP contribution in [0.5, 0.6) is 0 Å². The number of amides is 1. The van der Waals surface area contributed by atoms with Crippen molar-refractivity contribution in [3.63, 3.8) is 0 Å². The molecule has 1 fully saturated rings. The Bertz CT molecular complexity index is 1450. The van der Waals surface area contributed by atoms with E-state index in [1.807, 2.05) is 18.2 Å². The summed E-state index contributed by atoms with van der Waals surface area (Å²) in [6.07, 6.45) is 4.60. The van der Waals surface area contributed by atoms with Crippen LogP contribution in [0.3, 0.4) is 0 Å². The van der Waals surface area contributed by atoms with Gasteiger partial charge >= 0.3 is 0 Å². The largest absolute Gasteiger partial charge is 0.326 e. The molecular formula is C26H24N4O3S. The second kappa shape index (κ2) is 8.87. The number of aryl methyl sites for hydroxylation is 1. The maximum atomic E-state index is 12.8. The third kappa shape index (κ3) is 4.49. The molecule has 2 N–H and O–H groups in total. The van der Waals surface area contributed by atoms with Crippen molar-refractivity contribution in [2.24, 2.45) is 5.92 Å². The molecule has 1 amide bonds. The number of anilines is 2. The van der Waals surface area contributed by atoms with Crippen LogP contribution in [0.1, 0.15) is 30.4 Å². The molecule has 0 bridgehead atoms. The van der Waals surface area contributed by atoms with Crippen molar-refractivity contribution in [1.29, 1.82) is 0 Å². The van der Waals surface area contributed by atoms with Gasteiger partial charge in [0, 0.05) is 24.0 Å². The van der Waals surface area contributed by atoms with Crippen LogP contribution in [0.25, 0.3) is 10.8 Å². The molecule has 172 valence electrons. The lowest BCUT2D eigenvalue weighted by Crippen LogP contribution is -2.15. The molecule has 7 nitrogen and oxygen atoms in total. The highest BCUT2D eigenvalue weighted by Gasteiger charge is 2.44. The van der Waals surface area contributed by atoms with Crippen LogP contribution in [0.4, 0.5) is 11.6 Å². The number of carbonyl (C=O) groups excluding carboxylic acids is 1. The van der Waals surface area contributed by atoms with E-state index in [1.165, 1.54) is 18.0 Å². The van der Waals surface area contributed by atoms with Gasteiger partial charge in [-0.2, -0.15) is 0 Å². The Kier molecular flexibility index (Phi) is 5.75. The normalized spacial score (nSPS) is 17.3. The first kappa shape index (κ1) is 22.0.